The minimum atomic E-state index is -0.788. The minimum Gasteiger partial charge on any atom is -0.451 e. The zero-order chi connectivity index (χ0) is 18.8. The highest BCUT2D eigenvalue weighted by Crippen LogP contribution is 2.24. The Hall–Kier alpha value is -2.83. The SMILES string of the molecule is Cc1c(C(=O)NNC(=O)C(C)NC(=O)C(C)(C)C)oc2ccccc12. The van der Waals surface area contributed by atoms with Crippen LogP contribution in [0.4, 0.5) is 0 Å². The number of aryl methyl sites for hydroxylation is 1. The maximum Gasteiger partial charge on any atom is 0.305 e. The van der Waals surface area contributed by atoms with Gasteiger partial charge in [0.2, 0.25) is 5.91 Å². The molecule has 2 rings (SSSR count). The summed E-state index contributed by atoms with van der Waals surface area (Å²) in [6, 6.07) is 6.50. The van der Waals surface area contributed by atoms with Crippen molar-refractivity contribution in [1.82, 2.24) is 16.2 Å². The van der Waals surface area contributed by atoms with E-state index in [4.69, 9.17) is 4.42 Å². The van der Waals surface area contributed by atoms with Crippen LogP contribution in [0.5, 0.6) is 0 Å². The molecule has 3 amide bonds. The summed E-state index contributed by atoms with van der Waals surface area (Å²) >= 11 is 0. The molecular weight excluding hydrogens is 322 g/mol. The van der Waals surface area contributed by atoms with Gasteiger partial charge in [0.15, 0.2) is 5.76 Å². The smallest absolute Gasteiger partial charge is 0.305 e. The van der Waals surface area contributed by atoms with Crippen LogP contribution in [0.15, 0.2) is 28.7 Å². The van der Waals surface area contributed by atoms with E-state index in [2.05, 4.69) is 16.2 Å². The summed E-state index contributed by atoms with van der Waals surface area (Å²) in [7, 11) is 0. The molecule has 1 unspecified atom stereocenters. The summed E-state index contributed by atoms with van der Waals surface area (Å²) in [5, 5.41) is 3.43. The molecule has 0 radical (unpaired) electrons. The zero-order valence-electron chi connectivity index (χ0n) is 15.0. The monoisotopic (exact) mass is 345 g/mol. The van der Waals surface area contributed by atoms with Crippen molar-refractivity contribution in [3.05, 3.63) is 35.6 Å². The Bertz CT molecular complexity index is 817. The Labute approximate surface area is 146 Å². The molecule has 1 aromatic carbocycles. The molecule has 0 spiro atoms. The van der Waals surface area contributed by atoms with Crippen molar-refractivity contribution < 1.29 is 18.8 Å². The summed E-state index contributed by atoms with van der Waals surface area (Å²) < 4.78 is 5.53. The van der Waals surface area contributed by atoms with E-state index < -0.39 is 23.3 Å². The Morgan fingerprint density at radius 2 is 1.72 bits per heavy atom. The summed E-state index contributed by atoms with van der Waals surface area (Å²) in [6.07, 6.45) is 0. The van der Waals surface area contributed by atoms with E-state index in [1.165, 1.54) is 6.92 Å². The first-order valence-electron chi connectivity index (χ1n) is 8.00. The molecule has 1 aromatic heterocycles. The molecular formula is C18H23N3O4. The third kappa shape index (κ3) is 4.17. The maximum absolute atomic E-state index is 12.2. The van der Waals surface area contributed by atoms with Crippen molar-refractivity contribution in [3.8, 4) is 0 Å². The van der Waals surface area contributed by atoms with Gasteiger partial charge in [-0.3, -0.25) is 25.2 Å². The molecule has 7 nitrogen and oxygen atoms in total. The number of hydrazine groups is 1. The largest absolute Gasteiger partial charge is 0.451 e. The second-order valence-corrected chi connectivity index (χ2v) is 6.94. The number of amides is 3. The fourth-order valence-electron chi connectivity index (χ4n) is 2.15. The first kappa shape index (κ1) is 18.5. The first-order chi connectivity index (χ1) is 11.6. The van der Waals surface area contributed by atoms with Crippen LogP contribution in [0.1, 0.15) is 43.8 Å². The Morgan fingerprint density at radius 3 is 2.32 bits per heavy atom. The highest BCUT2D eigenvalue weighted by Gasteiger charge is 2.25. The Kier molecular flexibility index (Phi) is 5.15. The van der Waals surface area contributed by atoms with Crippen LogP contribution in [-0.4, -0.2) is 23.8 Å². The minimum absolute atomic E-state index is 0.132. The summed E-state index contributed by atoms with van der Waals surface area (Å²) in [5.74, 6) is -1.21. The number of hydrogen-bond donors (Lipinski definition) is 3. The van der Waals surface area contributed by atoms with Crippen LogP contribution in [0.2, 0.25) is 0 Å². The average molecular weight is 345 g/mol. The Morgan fingerprint density at radius 1 is 1.08 bits per heavy atom. The molecule has 0 saturated heterocycles. The topological polar surface area (TPSA) is 100 Å². The number of furan rings is 1. The molecule has 1 atom stereocenters. The normalized spacial score (nSPS) is 12.5. The Balaban J connectivity index is 1.98. The molecule has 0 aliphatic carbocycles. The van der Waals surface area contributed by atoms with Crippen molar-refractivity contribution in [1.29, 1.82) is 0 Å². The third-order valence-corrected chi connectivity index (χ3v) is 3.77. The van der Waals surface area contributed by atoms with Gasteiger partial charge in [-0.1, -0.05) is 39.0 Å². The molecule has 0 saturated carbocycles. The predicted octanol–water partition coefficient (Wildman–Crippen LogP) is 2.05. The van der Waals surface area contributed by atoms with E-state index in [0.29, 0.717) is 11.1 Å². The fraction of sp³-hybridized carbons (Fsp3) is 0.389. The lowest BCUT2D eigenvalue weighted by Gasteiger charge is -2.21. The summed E-state index contributed by atoms with van der Waals surface area (Å²) in [4.78, 5) is 36.2. The fourth-order valence-corrected chi connectivity index (χ4v) is 2.15. The van der Waals surface area contributed by atoms with E-state index in [9.17, 15) is 14.4 Å². The van der Waals surface area contributed by atoms with Gasteiger partial charge >= 0.3 is 5.91 Å². The number of para-hydroxylation sites is 1. The van der Waals surface area contributed by atoms with Crippen molar-refractivity contribution in [2.45, 2.75) is 40.7 Å². The number of benzene rings is 1. The van der Waals surface area contributed by atoms with Crippen LogP contribution in [-0.2, 0) is 9.59 Å². The molecule has 0 bridgehead atoms. The van der Waals surface area contributed by atoms with Crippen molar-refractivity contribution in [2.24, 2.45) is 5.41 Å². The molecule has 0 aliphatic rings. The van der Waals surface area contributed by atoms with Crippen LogP contribution >= 0.6 is 0 Å². The molecule has 7 heteroatoms. The molecule has 2 aromatic rings. The van der Waals surface area contributed by atoms with Gasteiger partial charge in [0.1, 0.15) is 11.6 Å². The van der Waals surface area contributed by atoms with Gasteiger partial charge in [0.05, 0.1) is 0 Å². The zero-order valence-corrected chi connectivity index (χ0v) is 15.0. The lowest BCUT2D eigenvalue weighted by molar-refractivity contribution is -0.133. The number of hydrogen-bond acceptors (Lipinski definition) is 4. The van der Waals surface area contributed by atoms with E-state index >= 15 is 0 Å². The third-order valence-electron chi connectivity index (χ3n) is 3.77. The van der Waals surface area contributed by atoms with Gasteiger partial charge in [-0.05, 0) is 19.9 Å². The highest BCUT2D eigenvalue weighted by atomic mass is 16.3. The molecule has 3 N–H and O–H groups in total. The summed E-state index contributed by atoms with van der Waals surface area (Å²) in [6.45, 7) is 8.56. The van der Waals surface area contributed by atoms with E-state index in [0.717, 1.165) is 5.39 Å². The van der Waals surface area contributed by atoms with Crippen LogP contribution in [0, 0.1) is 12.3 Å². The molecule has 134 valence electrons. The first-order valence-corrected chi connectivity index (χ1v) is 8.00. The van der Waals surface area contributed by atoms with Gasteiger partial charge in [0, 0.05) is 16.4 Å². The van der Waals surface area contributed by atoms with Gasteiger partial charge < -0.3 is 9.73 Å². The number of carbonyl (C=O) groups is 3. The van der Waals surface area contributed by atoms with Gasteiger partial charge in [0.25, 0.3) is 5.91 Å². The quantitative estimate of drug-likeness (QED) is 0.741. The second-order valence-electron chi connectivity index (χ2n) is 6.94. The van der Waals surface area contributed by atoms with Gasteiger partial charge in [-0.15, -0.1) is 0 Å². The van der Waals surface area contributed by atoms with E-state index in [1.807, 2.05) is 18.2 Å². The standard InChI is InChI=1S/C18H23N3O4/c1-10-12-8-6-7-9-13(12)25-14(10)16(23)21-20-15(22)11(2)19-17(24)18(3,4)5/h6-9,11H,1-5H3,(H,19,24)(H,20,22)(H,21,23). The predicted molar refractivity (Wildman–Crippen MR) is 93.6 cm³/mol. The maximum atomic E-state index is 12.2. The van der Waals surface area contributed by atoms with E-state index in [-0.39, 0.29) is 11.7 Å². The number of fused-ring (bicyclic) bond motifs is 1. The van der Waals surface area contributed by atoms with Crippen LogP contribution in [0.3, 0.4) is 0 Å². The number of nitrogens with one attached hydrogen (secondary N) is 3. The lowest BCUT2D eigenvalue weighted by atomic mass is 9.95. The van der Waals surface area contributed by atoms with Crippen molar-refractivity contribution in [3.63, 3.8) is 0 Å². The van der Waals surface area contributed by atoms with Gasteiger partial charge in [-0.2, -0.15) is 0 Å². The average Bonchev–Trinajstić information content (AvgIpc) is 2.88. The molecule has 0 fully saturated rings. The van der Waals surface area contributed by atoms with Crippen molar-refractivity contribution in [2.75, 3.05) is 0 Å². The van der Waals surface area contributed by atoms with Gasteiger partial charge in [-0.25, -0.2) is 0 Å². The molecule has 1 heterocycles. The number of rotatable bonds is 3. The van der Waals surface area contributed by atoms with E-state index in [1.54, 1.807) is 33.8 Å². The summed E-state index contributed by atoms with van der Waals surface area (Å²) in [5.41, 5.74) is 5.29. The van der Waals surface area contributed by atoms with Crippen LogP contribution in [0.25, 0.3) is 11.0 Å². The molecule has 0 aliphatic heterocycles. The lowest BCUT2D eigenvalue weighted by Crippen LogP contribution is -2.52. The highest BCUT2D eigenvalue weighted by molar-refractivity contribution is 6.00. The van der Waals surface area contributed by atoms with Crippen molar-refractivity contribution >= 4 is 28.7 Å². The molecule has 25 heavy (non-hydrogen) atoms. The number of carbonyl (C=O) groups excluding carboxylic acids is 3. The van der Waals surface area contributed by atoms with Crippen LogP contribution < -0.4 is 16.2 Å². The second kappa shape index (κ2) is 6.96.